The molecular weight excluding hydrogens is 208 g/mol. The van der Waals surface area contributed by atoms with Gasteiger partial charge < -0.3 is 20.9 Å². The van der Waals surface area contributed by atoms with Gasteiger partial charge in [0.1, 0.15) is 12.0 Å². The predicted octanol–water partition coefficient (Wildman–Crippen LogP) is 0.640. The van der Waals surface area contributed by atoms with Gasteiger partial charge in [-0.2, -0.15) is 4.98 Å². The van der Waals surface area contributed by atoms with E-state index in [1.807, 2.05) is 13.8 Å². The van der Waals surface area contributed by atoms with Crippen molar-refractivity contribution in [3.05, 3.63) is 6.33 Å². The lowest BCUT2D eigenvalue weighted by Gasteiger charge is -2.13. The number of rotatable bonds is 6. The zero-order valence-corrected chi connectivity index (χ0v) is 9.60. The lowest BCUT2D eigenvalue weighted by molar-refractivity contribution is 0.183. The van der Waals surface area contributed by atoms with Crippen LogP contribution in [0.15, 0.2) is 6.33 Å². The average molecular weight is 226 g/mol. The van der Waals surface area contributed by atoms with Crippen molar-refractivity contribution in [3.8, 4) is 5.88 Å². The van der Waals surface area contributed by atoms with Crippen molar-refractivity contribution < 1.29 is 9.84 Å². The van der Waals surface area contributed by atoms with Crippen molar-refractivity contribution >= 4 is 11.5 Å². The number of nitrogen functional groups attached to an aromatic ring is 1. The van der Waals surface area contributed by atoms with Crippen molar-refractivity contribution in [3.63, 3.8) is 0 Å². The fraction of sp³-hybridized carbons (Fsp3) is 0.600. The first-order chi connectivity index (χ1) is 7.69. The summed E-state index contributed by atoms with van der Waals surface area (Å²) in [6.07, 6.45) is 1.64. The van der Waals surface area contributed by atoms with Gasteiger partial charge in [-0.05, 0) is 13.3 Å². The number of hydrogen-bond acceptors (Lipinski definition) is 6. The first-order valence-electron chi connectivity index (χ1n) is 5.34. The van der Waals surface area contributed by atoms with E-state index >= 15 is 0 Å². The molecule has 90 valence electrons. The number of aliphatic hydroxyl groups excluding tert-OH is 1. The van der Waals surface area contributed by atoms with Gasteiger partial charge in [0, 0.05) is 6.54 Å². The van der Waals surface area contributed by atoms with Gasteiger partial charge in [-0.3, -0.25) is 0 Å². The maximum Gasteiger partial charge on any atom is 0.242 e. The Kier molecular flexibility index (Phi) is 4.78. The Balaban J connectivity index is 2.69. The number of nitrogens with two attached hydrogens (primary N) is 1. The molecule has 0 aromatic carbocycles. The van der Waals surface area contributed by atoms with Crippen molar-refractivity contribution in [1.29, 1.82) is 0 Å². The molecule has 0 spiro atoms. The highest BCUT2D eigenvalue weighted by molar-refractivity contribution is 5.66. The van der Waals surface area contributed by atoms with Gasteiger partial charge in [0.15, 0.2) is 5.82 Å². The SMILES string of the molecule is CCOc1ncnc(NCC(O)CC)c1N. The maximum absolute atomic E-state index is 9.40. The molecule has 1 rings (SSSR count). The van der Waals surface area contributed by atoms with E-state index in [0.717, 1.165) is 0 Å². The minimum absolute atomic E-state index is 0.367. The van der Waals surface area contributed by atoms with Crippen LogP contribution in [0.2, 0.25) is 0 Å². The van der Waals surface area contributed by atoms with Crippen LogP contribution in [0.1, 0.15) is 20.3 Å². The fourth-order valence-corrected chi connectivity index (χ4v) is 1.13. The average Bonchev–Trinajstić information content (AvgIpc) is 2.30. The smallest absolute Gasteiger partial charge is 0.242 e. The third-order valence-electron chi connectivity index (χ3n) is 2.10. The van der Waals surface area contributed by atoms with Crippen LogP contribution in [0, 0.1) is 0 Å². The minimum Gasteiger partial charge on any atom is -0.476 e. The minimum atomic E-state index is -0.412. The van der Waals surface area contributed by atoms with E-state index in [-0.39, 0.29) is 0 Å². The second-order valence-corrected chi connectivity index (χ2v) is 3.32. The topological polar surface area (TPSA) is 93.3 Å². The summed E-state index contributed by atoms with van der Waals surface area (Å²) in [5.74, 6) is 0.858. The van der Waals surface area contributed by atoms with Gasteiger partial charge in [-0.25, -0.2) is 4.98 Å². The number of ether oxygens (including phenoxy) is 1. The lowest BCUT2D eigenvalue weighted by Crippen LogP contribution is -2.19. The van der Waals surface area contributed by atoms with Gasteiger partial charge in [0.05, 0.1) is 12.7 Å². The van der Waals surface area contributed by atoms with Gasteiger partial charge in [-0.15, -0.1) is 0 Å². The van der Waals surface area contributed by atoms with Crippen LogP contribution in [0.3, 0.4) is 0 Å². The molecule has 0 aliphatic rings. The summed E-state index contributed by atoms with van der Waals surface area (Å²) in [6, 6.07) is 0. The summed E-state index contributed by atoms with van der Waals surface area (Å²) in [5.41, 5.74) is 6.17. The second kappa shape index (κ2) is 6.12. The number of anilines is 2. The van der Waals surface area contributed by atoms with Crippen molar-refractivity contribution in [2.45, 2.75) is 26.4 Å². The summed E-state index contributed by atoms with van der Waals surface area (Å²) >= 11 is 0. The Morgan fingerprint density at radius 3 is 2.88 bits per heavy atom. The largest absolute Gasteiger partial charge is 0.476 e. The van der Waals surface area contributed by atoms with Crippen LogP contribution in [0.25, 0.3) is 0 Å². The number of aliphatic hydroxyl groups is 1. The van der Waals surface area contributed by atoms with Crippen molar-refractivity contribution in [1.82, 2.24) is 9.97 Å². The van der Waals surface area contributed by atoms with E-state index in [2.05, 4.69) is 15.3 Å². The molecule has 0 aliphatic heterocycles. The van der Waals surface area contributed by atoms with Crippen LogP contribution in [-0.4, -0.2) is 34.3 Å². The standard InChI is InChI=1S/C10H18N4O2/c1-3-7(15)5-12-9-8(11)10(16-4-2)14-6-13-9/h6-7,15H,3-5,11H2,1-2H3,(H,12,13,14). The van der Waals surface area contributed by atoms with E-state index in [9.17, 15) is 5.11 Å². The van der Waals surface area contributed by atoms with Crippen molar-refractivity contribution in [2.75, 3.05) is 24.2 Å². The molecule has 1 atom stereocenters. The summed E-state index contributed by atoms with van der Waals surface area (Å²) in [6.45, 7) is 4.66. The maximum atomic E-state index is 9.40. The van der Waals surface area contributed by atoms with E-state index in [4.69, 9.17) is 10.5 Å². The molecule has 1 aromatic rings. The molecule has 1 aromatic heterocycles. The van der Waals surface area contributed by atoms with Gasteiger partial charge >= 0.3 is 0 Å². The molecule has 0 radical (unpaired) electrons. The number of nitrogens with zero attached hydrogens (tertiary/aromatic N) is 2. The van der Waals surface area contributed by atoms with Crippen LogP contribution in [0.5, 0.6) is 5.88 Å². The number of hydrogen-bond donors (Lipinski definition) is 3. The third kappa shape index (κ3) is 3.23. The Morgan fingerprint density at radius 1 is 1.50 bits per heavy atom. The second-order valence-electron chi connectivity index (χ2n) is 3.32. The predicted molar refractivity (Wildman–Crippen MR) is 62.4 cm³/mol. The molecule has 0 bridgehead atoms. The summed E-state index contributed by atoms with van der Waals surface area (Å²) in [5, 5.41) is 12.4. The van der Waals surface area contributed by atoms with Gasteiger partial charge in [-0.1, -0.05) is 6.92 Å². The zero-order valence-electron chi connectivity index (χ0n) is 9.60. The Hall–Kier alpha value is -1.56. The van der Waals surface area contributed by atoms with Crippen LogP contribution in [0.4, 0.5) is 11.5 Å². The summed E-state index contributed by atoms with van der Waals surface area (Å²) in [4.78, 5) is 7.90. The molecule has 0 saturated heterocycles. The zero-order chi connectivity index (χ0) is 12.0. The van der Waals surface area contributed by atoms with Gasteiger partial charge in [0.2, 0.25) is 5.88 Å². The first kappa shape index (κ1) is 12.5. The quantitative estimate of drug-likeness (QED) is 0.659. The molecule has 0 fully saturated rings. The molecule has 16 heavy (non-hydrogen) atoms. The molecule has 6 nitrogen and oxygen atoms in total. The van der Waals surface area contributed by atoms with Crippen LogP contribution >= 0.6 is 0 Å². The highest BCUT2D eigenvalue weighted by atomic mass is 16.5. The number of nitrogens with one attached hydrogen (secondary N) is 1. The molecule has 4 N–H and O–H groups in total. The molecule has 1 heterocycles. The Morgan fingerprint density at radius 2 is 2.25 bits per heavy atom. The highest BCUT2D eigenvalue weighted by Gasteiger charge is 2.09. The molecular formula is C10H18N4O2. The van der Waals surface area contributed by atoms with Gasteiger partial charge in [0.25, 0.3) is 0 Å². The van der Waals surface area contributed by atoms with E-state index in [0.29, 0.717) is 37.0 Å². The van der Waals surface area contributed by atoms with Crippen LogP contribution in [-0.2, 0) is 0 Å². The lowest BCUT2D eigenvalue weighted by atomic mass is 10.3. The molecule has 0 saturated carbocycles. The monoisotopic (exact) mass is 226 g/mol. The number of aromatic nitrogens is 2. The van der Waals surface area contributed by atoms with E-state index in [1.54, 1.807) is 0 Å². The van der Waals surface area contributed by atoms with E-state index < -0.39 is 6.10 Å². The molecule has 6 heteroatoms. The molecule has 0 aliphatic carbocycles. The summed E-state index contributed by atoms with van der Waals surface area (Å²) in [7, 11) is 0. The third-order valence-corrected chi connectivity index (χ3v) is 2.10. The first-order valence-corrected chi connectivity index (χ1v) is 5.34. The van der Waals surface area contributed by atoms with Crippen LogP contribution < -0.4 is 15.8 Å². The summed E-state index contributed by atoms with van der Waals surface area (Å²) < 4.78 is 5.23. The Labute approximate surface area is 94.9 Å². The molecule has 0 amide bonds. The molecule has 1 unspecified atom stereocenters. The highest BCUT2D eigenvalue weighted by Crippen LogP contribution is 2.24. The normalized spacial score (nSPS) is 12.2. The Bertz CT molecular complexity index is 333. The fourth-order valence-electron chi connectivity index (χ4n) is 1.13. The van der Waals surface area contributed by atoms with E-state index in [1.165, 1.54) is 6.33 Å². The van der Waals surface area contributed by atoms with Crippen molar-refractivity contribution in [2.24, 2.45) is 0 Å².